The van der Waals surface area contributed by atoms with Crippen LogP contribution in [0.25, 0.3) is 0 Å². The van der Waals surface area contributed by atoms with E-state index in [4.69, 9.17) is 4.74 Å². The van der Waals surface area contributed by atoms with E-state index < -0.39 is 0 Å². The van der Waals surface area contributed by atoms with E-state index in [1.165, 1.54) is 0 Å². The van der Waals surface area contributed by atoms with Gasteiger partial charge in [0, 0.05) is 29.3 Å². The minimum absolute atomic E-state index is 0.129. The Kier molecular flexibility index (Phi) is 5.07. The molecule has 3 rings (SSSR count). The summed E-state index contributed by atoms with van der Waals surface area (Å²) in [5, 5.41) is 3.30. The SMILES string of the molecule is CC1=C(C(=O)OCC(C)C)C(c2ccccc2)C2=C(CCCC2=O)N1. The first kappa shape index (κ1) is 17.5. The summed E-state index contributed by atoms with van der Waals surface area (Å²) < 4.78 is 5.51. The summed E-state index contributed by atoms with van der Waals surface area (Å²) in [6.45, 7) is 6.28. The summed E-state index contributed by atoms with van der Waals surface area (Å²) in [5.74, 6) is -0.283. The highest BCUT2D eigenvalue weighted by Gasteiger charge is 2.38. The fourth-order valence-corrected chi connectivity index (χ4v) is 3.55. The van der Waals surface area contributed by atoms with Crippen molar-refractivity contribution in [3.63, 3.8) is 0 Å². The van der Waals surface area contributed by atoms with Crippen molar-refractivity contribution in [2.24, 2.45) is 5.92 Å². The molecule has 0 fully saturated rings. The van der Waals surface area contributed by atoms with E-state index >= 15 is 0 Å². The van der Waals surface area contributed by atoms with Crippen molar-refractivity contribution in [3.05, 3.63) is 58.4 Å². The van der Waals surface area contributed by atoms with Crippen molar-refractivity contribution < 1.29 is 14.3 Å². The summed E-state index contributed by atoms with van der Waals surface area (Å²) in [6.07, 6.45) is 2.24. The Bertz CT molecular complexity index is 744. The highest BCUT2D eigenvalue weighted by molar-refractivity contribution is 6.03. The normalized spacial score (nSPS) is 20.5. The van der Waals surface area contributed by atoms with Gasteiger partial charge in [-0.3, -0.25) is 4.79 Å². The average Bonchev–Trinajstić information content (AvgIpc) is 2.59. The smallest absolute Gasteiger partial charge is 0.336 e. The molecule has 0 spiro atoms. The predicted octanol–water partition coefficient (Wildman–Crippen LogP) is 3.85. The van der Waals surface area contributed by atoms with Crippen LogP contribution in [0, 0.1) is 5.92 Å². The zero-order chi connectivity index (χ0) is 18.0. The molecule has 1 heterocycles. The molecule has 0 saturated heterocycles. The monoisotopic (exact) mass is 339 g/mol. The second-order valence-electron chi connectivity index (χ2n) is 7.17. The minimum Gasteiger partial charge on any atom is -0.462 e. The van der Waals surface area contributed by atoms with E-state index in [2.05, 4.69) is 5.32 Å². The Labute approximate surface area is 149 Å². The van der Waals surface area contributed by atoms with Crippen molar-refractivity contribution in [2.75, 3.05) is 6.61 Å². The second-order valence-corrected chi connectivity index (χ2v) is 7.17. The molecule has 1 unspecified atom stereocenters. The van der Waals surface area contributed by atoms with Crippen LogP contribution in [0.2, 0.25) is 0 Å². The first-order valence-corrected chi connectivity index (χ1v) is 8.95. The summed E-state index contributed by atoms with van der Waals surface area (Å²) in [4.78, 5) is 25.5. The van der Waals surface area contributed by atoms with E-state index in [1.54, 1.807) is 0 Å². The number of dihydropyridines is 1. The number of hydrogen-bond acceptors (Lipinski definition) is 4. The molecule has 4 heteroatoms. The number of Topliss-reactive ketones (excluding diaryl/α,β-unsaturated/α-hetero) is 1. The van der Waals surface area contributed by atoms with Gasteiger partial charge in [0.15, 0.2) is 5.78 Å². The fourth-order valence-electron chi connectivity index (χ4n) is 3.55. The maximum atomic E-state index is 12.8. The van der Waals surface area contributed by atoms with Crippen molar-refractivity contribution in [3.8, 4) is 0 Å². The third-order valence-corrected chi connectivity index (χ3v) is 4.68. The molecule has 25 heavy (non-hydrogen) atoms. The number of carbonyl (C=O) groups is 2. The van der Waals surface area contributed by atoms with E-state index in [0.717, 1.165) is 35.4 Å². The van der Waals surface area contributed by atoms with Crippen molar-refractivity contribution in [1.29, 1.82) is 0 Å². The van der Waals surface area contributed by atoms with Gasteiger partial charge in [-0.1, -0.05) is 44.2 Å². The summed E-state index contributed by atoms with van der Waals surface area (Å²) in [5.41, 5.74) is 4.00. The van der Waals surface area contributed by atoms with Crippen LogP contribution >= 0.6 is 0 Å². The Morgan fingerprint density at radius 2 is 1.96 bits per heavy atom. The molecular formula is C21H25NO3. The van der Waals surface area contributed by atoms with Gasteiger partial charge in [-0.15, -0.1) is 0 Å². The van der Waals surface area contributed by atoms with Gasteiger partial charge >= 0.3 is 5.97 Å². The molecule has 2 aliphatic rings. The maximum absolute atomic E-state index is 12.8. The Balaban J connectivity index is 2.05. The fraction of sp³-hybridized carbons (Fsp3) is 0.429. The minimum atomic E-state index is -0.343. The Morgan fingerprint density at radius 1 is 1.24 bits per heavy atom. The van der Waals surface area contributed by atoms with Crippen molar-refractivity contribution in [1.82, 2.24) is 5.32 Å². The standard InChI is InChI=1S/C21H25NO3/c1-13(2)12-25-21(24)18-14(3)22-16-10-7-11-17(23)20(16)19(18)15-8-5-4-6-9-15/h4-6,8-9,13,19,22H,7,10-12H2,1-3H3. The van der Waals surface area contributed by atoms with Crippen LogP contribution in [0.15, 0.2) is 52.9 Å². The Hall–Kier alpha value is -2.36. The van der Waals surface area contributed by atoms with Gasteiger partial charge in [-0.05, 0) is 31.2 Å². The molecule has 1 aliphatic heterocycles. The zero-order valence-corrected chi connectivity index (χ0v) is 15.1. The van der Waals surface area contributed by atoms with Crippen molar-refractivity contribution in [2.45, 2.75) is 46.0 Å². The number of ether oxygens (including phenoxy) is 1. The van der Waals surface area contributed by atoms with E-state index in [9.17, 15) is 9.59 Å². The highest BCUT2D eigenvalue weighted by atomic mass is 16.5. The second kappa shape index (κ2) is 7.26. The van der Waals surface area contributed by atoms with Crippen LogP contribution in [-0.2, 0) is 14.3 Å². The quantitative estimate of drug-likeness (QED) is 0.847. The average molecular weight is 339 g/mol. The van der Waals surface area contributed by atoms with Gasteiger partial charge in [0.25, 0.3) is 0 Å². The molecule has 0 saturated carbocycles. The lowest BCUT2D eigenvalue weighted by molar-refractivity contribution is -0.140. The molecule has 0 amide bonds. The molecule has 1 N–H and O–H groups in total. The lowest BCUT2D eigenvalue weighted by Crippen LogP contribution is -2.34. The van der Waals surface area contributed by atoms with Crippen LogP contribution in [0.3, 0.4) is 0 Å². The largest absolute Gasteiger partial charge is 0.462 e. The number of ketones is 1. The molecular weight excluding hydrogens is 314 g/mol. The van der Waals surface area contributed by atoms with Gasteiger partial charge < -0.3 is 10.1 Å². The van der Waals surface area contributed by atoms with Gasteiger partial charge in [-0.2, -0.15) is 0 Å². The topological polar surface area (TPSA) is 55.4 Å². The van der Waals surface area contributed by atoms with Gasteiger partial charge in [-0.25, -0.2) is 4.79 Å². The van der Waals surface area contributed by atoms with Gasteiger partial charge in [0.05, 0.1) is 12.2 Å². The third-order valence-electron chi connectivity index (χ3n) is 4.68. The maximum Gasteiger partial charge on any atom is 0.336 e. The van der Waals surface area contributed by atoms with Crippen LogP contribution < -0.4 is 5.32 Å². The molecule has 4 nitrogen and oxygen atoms in total. The summed E-state index contributed by atoms with van der Waals surface area (Å²) in [7, 11) is 0. The number of nitrogens with one attached hydrogen (secondary N) is 1. The van der Waals surface area contributed by atoms with Crippen molar-refractivity contribution >= 4 is 11.8 Å². The molecule has 1 aromatic carbocycles. The van der Waals surface area contributed by atoms with E-state index in [1.807, 2.05) is 51.1 Å². The molecule has 1 aromatic rings. The number of esters is 1. The van der Waals surface area contributed by atoms with Gasteiger partial charge in [0.1, 0.15) is 0 Å². The van der Waals surface area contributed by atoms with Crippen LogP contribution in [0.4, 0.5) is 0 Å². The third kappa shape index (κ3) is 3.53. The number of benzene rings is 1. The lowest BCUT2D eigenvalue weighted by Gasteiger charge is -2.34. The van der Waals surface area contributed by atoms with Crippen LogP contribution in [0.5, 0.6) is 0 Å². The molecule has 132 valence electrons. The molecule has 1 aliphatic carbocycles. The number of allylic oxidation sites excluding steroid dienone is 3. The van der Waals surface area contributed by atoms with Crippen LogP contribution in [-0.4, -0.2) is 18.4 Å². The molecule has 0 bridgehead atoms. The summed E-state index contributed by atoms with van der Waals surface area (Å²) >= 11 is 0. The highest BCUT2D eigenvalue weighted by Crippen LogP contribution is 2.42. The molecule has 1 atom stereocenters. The number of rotatable bonds is 4. The summed E-state index contributed by atoms with van der Waals surface area (Å²) in [6, 6.07) is 9.78. The number of hydrogen-bond donors (Lipinski definition) is 1. The molecule has 0 aromatic heterocycles. The van der Waals surface area contributed by atoms with Crippen LogP contribution in [0.1, 0.15) is 51.5 Å². The lowest BCUT2D eigenvalue weighted by atomic mass is 9.75. The van der Waals surface area contributed by atoms with E-state index in [0.29, 0.717) is 18.6 Å². The Morgan fingerprint density at radius 3 is 2.64 bits per heavy atom. The van der Waals surface area contributed by atoms with Gasteiger partial charge in [0.2, 0.25) is 0 Å². The first-order chi connectivity index (χ1) is 12.0. The van der Waals surface area contributed by atoms with E-state index in [-0.39, 0.29) is 23.6 Å². The predicted molar refractivity (Wildman–Crippen MR) is 96.7 cm³/mol. The zero-order valence-electron chi connectivity index (χ0n) is 15.1. The number of carbonyl (C=O) groups excluding carboxylic acids is 2. The first-order valence-electron chi connectivity index (χ1n) is 8.95. The molecule has 0 radical (unpaired) electrons.